The van der Waals surface area contributed by atoms with Gasteiger partial charge in [-0.1, -0.05) is 60.2 Å². The normalized spacial score (nSPS) is 14.1. The second kappa shape index (κ2) is 6.50. The molecular formula is C17H21NO. The first-order valence-electron chi connectivity index (χ1n) is 6.71. The highest BCUT2D eigenvalue weighted by molar-refractivity contribution is 5.28. The zero-order chi connectivity index (χ0) is 13.7. The van der Waals surface area contributed by atoms with Gasteiger partial charge < -0.3 is 10.5 Å². The lowest BCUT2D eigenvalue weighted by Crippen LogP contribution is -2.22. The summed E-state index contributed by atoms with van der Waals surface area (Å²) in [6.07, 6.45) is -0.103. The molecule has 0 saturated carbocycles. The number of aryl methyl sites for hydroxylation is 1. The van der Waals surface area contributed by atoms with E-state index in [9.17, 15) is 0 Å². The maximum absolute atomic E-state index is 6.38. The van der Waals surface area contributed by atoms with Crippen LogP contribution >= 0.6 is 0 Å². The van der Waals surface area contributed by atoms with Crippen LogP contribution < -0.4 is 5.73 Å². The summed E-state index contributed by atoms with van der Waals surface area (Å²) in [4.78, 5) is 0. The summed E-state index contributed by atoms with van der Waals surface area (Å²) < 4.78 is 5.85. The average Bonchev–Trinajstić information content (AvgIpc) is 2.46. The SMILES string of the molecule is CCOC(c1ccccc1)C(N)c1ccc(C)cc1. The van der Waals surface area contributed by atoms with Crippen molar-refractivity contribution < 1.29 is 4.74 Å². The van der Waals surface area contributed by atoms with Crippen molar-refractivity contribution in [3.63, 3.8) is 0 Å². The Morgan fingerprint density at radius 2 is 1.58 bits per heavy atom. The molecule has 2 N–H and O–H groups in total. The van der Waals surface area contributed by atoms with Gasteiger partial charge in [0.05, 0.1) is 6.04 Å². The van der Waals surface area contributed by atoms with Crippen LogP contribution in [-0.2, 0) is 4.74 Å². The molecule has 2 nitrogen and oxygen atoms in total. The van der Waals surface area contributed by atoms with Gasteiger partial charge in [0.2, 0.25) is 0 Å². The van der Waals surface area contributed by atoms with E-state index in [4.69, 9.17) is 10.5 Å². The maximum atomic E-state index is 6.38. The zero-order valence-electron chi connectivity index (χ0n) is 11.5. The number of hydrogen-bond acceptors (Lipinski definition) is 2. The van der Waals surface area contributed by atoms with Crippen LogP contribution in [-0.4, -0.2) is 6.61 Å². The van der Waals surface area contributed by atoms with Gasteiger partial charge in [-0.25, -0.2) is 0 Å². The minimum Gasteiger partial charge on any atom is -0.372 e. The van der Waals surface area contributed by atoms with Gasteiger partial charge in [-0.05, 0) is 25.0 Å². The van der Waals surface area contributed by atoms with E-state index < -0.39 is 0 Å². The Labute approximate surface area is 115 Å². The zero-order valence-corrected chi connectivity index (χ0v) is 11.5. The summed E-state index contributed by atoms with van der Waals surface area (Å²) in [7, 11) is 0. The molecule has 2 rings (SSSR count). The van der Waals surface area contributed by atoms with Crippen molar-refractivity contribution in [1.29, 1.82) is 0 Å². The molecule has 0 saturated heterocycles. The van der Waals surface area contributed by atoms with Gasteiger partial charge in [0, 0.05) is 6.61 Å². The third kappa shape index (κ3) is 3.43. The Bertz CT molecular complexity index is 492. The molecule has 2 atom stereocenters. The van der Waals surface area contributed by atoms with Crippen LogP contribution in [0.5, 0.6) is 0 Å². The molecular weight excluding hydrogens is 234 g/mol. The van der Waals surface area contributed by atoms with E-state index in [1.165, 1.54) is 5.56 Å². The first-order chi connectivity index (χ1) is 9.22. The maximum Gasteiger partial charge on any atom is 0.102 e. The summed E-state index contributed by atoms with van der Waals surface area (Å²) in [5.74, 6) is 0. The smallest absolute Gasteiger partial charge is 0.102 e. The van der Waals surface area contributed by atoms with Crippen molar-refractivity contribution in [2.75, 3.05) is 6.61 Å². The van der Waals surface area contributed by atoms with E-state index in [1.807, 2.05) is 25.1 Å². The second-order valence-corrected chi connectivity index (χ2v) is 4.72. The largest absolute Gasteiger partial charge is 0.372 e. The van der Waals surface area contributed by atoms with E-state index in [1.54, 1.807) is 0 Å². The van der Waals surface area contributed by atoms with Crippen LogP contribution in [0, 0.1) is 6.92 Å². The number of hydrogen-bond donors (Lipinski definition) is 1. The van der Waals surface area contributed by atoms with Gasteiger partial charge in [-0.2, -0.15) is 0 Å². The Balaban J connectivity index is 2.26. The van der Waals surface area contributed by atoms with Gasteiger partial charge in [0.1, 0.15) is 6.10 Å². The predicted octanol–water partition coefficient (Wildman–Crippen LogP) is 3.77. The van der Waals surface area contributed by atoms with Crippen LogP contribution in [0.1, 0.15) is 35.8 Å². The van der Waals surface area contributed by atoms with Crippen molar-refractivity contribution in [1.82, 2.24) is 0 Å². The molecule has 0 amide bonds. The molecule has 0 radical (unpaired) electrons. The molecule has 0 aliphatic rings. The highest BCUT2D eigenvalue weighted by atomic mass is 16.5. The molecule has 0 fully saturated rings. The van der Waals surface area contributed by atoms with Crippen LogP contribution in [0.2, 0.25) is 0 Å². The molecule has 0 aliphatic carbocycles. The molecule has 2 aromatic rings. The number of nitrogens with two attached hydrogens (primary N) is 1. The predicted molar refractivity (Wildman–Crippen MR) is 78.9 cm³/mol. The first-order valence-corrected chi connectivity index (χ1v) is 6.71. The highest BCUT2D eigenvalue weighted by Crippen LogP contribution is 2.30. The van der Waals surface area contributed by atoms with E-state index in [2.05, 4.69) is 43.3 Å². The van der Waals surface area contributed by atoms with Gasteiger partial charge >= 0.3 is 0 Å². The average molecular weight is 255 g/mol. The lowest BCUT2D eigenvalue weighted by molar-refractivity contribution is 0.0429. The van der Waals surface area contributed by atoms with Crippen molar-refractivity contribution in [2.24, 2.45) is 5.73 Å². The summed E-state index contributed by atoms with van der Waals surface area (Å²) >= 11 is 0. The van der Waals surface area contributed by atoms with Crippen molar-refractivity contribution in [2.45, 2.75) is 26.0 Å². The standard InChI is InChI=1S/C17H21NO/c1-3-19-17(15-7-5-4-6-8-15)16(18)14-11-9-13(2)10-12-14/h4-12,16-17H,3,18H2,1-2H3. The molecule has 19 heavy (non-hydrogen) atoms. The summed E-state index contributed by atoms with van der Waals surface area (Å²) in [6.45, 7) is 4.73. The van der Waals surface area contributed by atoms with Crippen LogP contribution in [0.15, 0.2) is 54.6 Å². The van der Waals surface area contributed by atoms with E-state index in [-0.39, 0.29) is 12.1 Å². The molecule has 2 aromatic carbocycles. The Kier molecular flexibility index (Phi) is 4.72. The van der Waals surface area contributed by atoms with Crippen molar-refractivity contribution in [3.05, 3.63) is 71.3 Å². The number of rotatable bonds is 5. The van der Waals surface area contributed by atoms with Crippen molar-refractivity contribution >= 4 is 0 Å². The van der Waals surface area contributed by atoms with Crippen LogP contribution in [0.4, 0.5) is 0 Å². The first kappa shape index (κ1) is 13.8. The summed E-state index contributed by atoms with van der Waals surface area (Å²) in [5, 5.41) is 0. The lowest BCUT2D eigenvalue weighted by Gasteiger charge is -2.24. The fraction of sp³-hybridized carbons (Fsp3) is 0.294. The summed E-state index contributed by atoms with van der Waals surface area (Å²) in [6, 6.07) is 18.3. The van der Waals surface area contributed by atoms with Crippen LogP contribution in [0.3, 0.4) is 0 Å². The third-order valence-electron chi connectivity index (χ3n) is 3.26. The van der Waals surface area contributed by atoms with Gasteiger partial charge in [0.25, 0.3) is 0 Å². The Morgan fingerprint density at radius 1 is 0.947 bits per heavy atom. The minimum atomic E-state index is -0.150. The quantitative estimate of drug-likeness (QED) is 0.882. The number of ether oxygens (including phenoxy) is 1. The monoisotopic (exact) mass is 255 g/mol. The van der Waals surface area contributed by atoms with Crippen molar-refractivity contribution in [3.8, 4) is 0 Å². The van der Waals surface area contributed by atoms with Gasteiger partial charge in [-0.3, -0.25) is 0 Å². The molecule has 2 unspecified atom stereocenters. The second-order valence-electron chi connectivity index (χ2n) is 4.72. The van der Waals surface area contributed by atoms with E-state index in [0.29, 0.717) is 6.61 Å². The Morgan fingerprint density at radius 3 is 2.16 bits per heavy atom. The topological polar surface area (TPSA) is 35.2 Å². The molecule has 0 aromatic heterocycles. The minimum absolute atomic E-state index is 0.103. The van der Waals surface area contributed by atoms with E-state index in [0.717, 1.165) is 11.1 Å². The number of benzene rings is 2. The highest BCUT2D eigenvalue weighted by Gasteiger charge is 2.21. The molecule has 100 valence electrons. The molecule has 0 bridgehead atoms. The molecule has 2 heteroatoms. The summed E-state index contributed by atoms with van der Waals surface area (Å²) in [5.41, 5.74) is 9.85. The fourth-order valence-electron chi connectivity index (χ4n) is 2.19. The van der Waals surface area contributed by atoms with Crippen LogP contribution in [0.25, 0.3) is 0 Å². The fourth-order valence-corrected chi connectivity index (χ4v) is 2.19. The van der Waals surface area contributed by atoms with Gasteiger partial charge in [0.15, 0.2) is 0 Å². The molecule has 0 heterocycles. The van der Waals surface area contributed by atoms with Gasteiger partial charge in [-0.15, -0.1) is 0 Å². The third-order valence-corrected chi connectivity index (χ3v) is 3.26. The molecule has 0 spiro atoms. The lowest BCUT2D eigenvalue weighted by atomic mass is 9.96. The van der Waals surface area contributed by atoms with E-state index >= 15 is 0 Å². The molecule has 0 aliphatic heterocycles. The Hall–Kier alpha value is -1.64.